The molecule has 124 valence electrons. The summed E-state index contributed by atoms with van der Waals surface area (Å²) in [6, 6.07) is -0.847. The Bertz CT molecular complexity index is 343. The van der Waals surface area contributed by atoms with Gasteiger partial charge < -0.3 is 36.2 Å². The van der Waals surface area contributed by atoms with Crippen LogP contribution in [0.25, 0.3) is 0 Å². The van der Waals surface area contributed by atoms with E-state index in [0.29, 0.717) is 25.8 Å². The van der Waals surface area contributed by atoms with E-state index in [4.69, 9.17) is 20.7 Å². The Morgan fingerprint density at radius 2 is 2.14 bits per heavy atom. The summed E-state index contributed by atoms with van der Waals surface area (Å²) in [5, 5.41) is 40.8. The maximum atomic E-state index is 10.5. The molecule has 1 heterocycles. The van der Waals surface area contributed by atoms with Crippen LogP contribution in [-0.4, -0.2) is 70.1 Å². The van der Waals surface area contributed by atoms with Gasteiger partial charge in [-0.25, -0.2) is 0 Å². The zero-order chi connectivity index (χ0) is 16.0. The highest BCUT2D eigenvalue weighted by atomic mass is 16.7. The van der Waals surface area contributed by atoms with Crippen molar-refractivity contribution in [1.82, 2.24) is 5.32 Å². The molecule has 8 heteroatoms. The standard InChI is InChI=1S/C13H26N2O6/c1-8-10(6-16)21-13(20,11(8)17)7-15-5-3-2-4-9(14)12(18)19/h8-11,15-17,20H,2-7,14H2,1H3,(H,18,19)/t8-,9+,10-,11+,13-/m1/s1. The fraction of sp³-hybridized carbons (Fsp3) is 0.923. The van der Waals surface area contributed by atoms with Crippen LogP contribution in [0, 0.1) is 5.92 Å². The van der Waals surface area contributed by atoms with E-state index in [9.17, 15) is 15.0 Å². The molecule has 0 bridgehead atoms. The quantitative estimate of drug-likeness (QED) is 0.275. The molecular formula is C13H26N2O6. The predicted molar refractivity (Wildman–Crippen MR) is 74.4 cm³/mol. The minimum Gasteiger partial charge on any atom is -0.480 e. The van der Waals surface area contributed by atoms with Gasteiger partial charge in [-0.15, -0.1) is 0 Å². The molecule has 1 fully saturated rings. The molecule has 0 radical (unpaired) electrons. The Labute approximate surface area is 123 Å². The molecule has 7 N–H and O–H groups in total. The van der Waals surface area contributed by atoms with Crippen LogP contribution in [0.2, 0.25) is 0 Å². The van der Waals surface area contributed by atoms with Crippen LogP contribution in [0.4, 0.5) is 0 Å². The number of hydrogen-bond donors (Lipinski definition) is 6. The molecule has 0 aliphatic carbocycles. The number of nitrogens with two attached hydrogens (primary N) is 1. The summed E-state index contributed by atoms with van der Waals surface area (Å²) in [6.07, 6.45) is 0.0941. The van der Waals surface area contributed by atoms with Gasteiger partial charge in [0.2, 0.25) is 5.79 Å². The molecule has 1 rings (SSSR count). The monoisotopic (exact) mass is 306 g/mol. The van der Waals surface area contributed by atoms with Crippen molar-refractivity contribution in [1.29, 1.82) is 0 Å². The number of carboxylic acid groups (broad SMARTS) is 1. The van der Waals surface area contributed by atoms with Crippen molar-refractivity contribution < 1.29 is 30.0 Å². The number of carbonyl (C=O) groups is 1. The number of carboxylic acids is 1. The van der Waals surface area contributed by atoms with Crippen molar-refractivity contribution in [3.63, 3.8) is 0 Å². The molecule has 0 aromatic carbocycles. The largest absolute Gasteiger partial charge is 0.480 e. The van der Waals surface area contributed by atoms with Gasteiger partial charge >= 0.3 is 5.97 Å². The zero-order valence-electron chi connectivity index (χ0n) is 12.2. The van der Waals surface area contributed by atoms with Gasteiger partial charge in [-0.1, -0.05) is 13.3 Å². The summed E-state index contributed by atoms with van der Waals surface area (Å²) in [4.78, 5) is 10.5. The lowest BCUT2D eigenvalue weighted by molar-refractivity contribution is -0.226. The van der Waals surface area contributed by atoms with Gasteiger partial charge in [-0.05, 0) is 19.4 Å². The van der Waals surface area contributed by atoms with E-state index in [1.807, 2.05) is 0 Å². The normalized spacial score (nSPS) is 34.0. The van der Waals surface area contributed by atoms with E-state index in [2.05, 4.69) is 5.32 Å². The van der Waals surface area contributed by atoms with Crippen LogP contribution in [0.3, 0.4) is 0 Å². The van der Waals surface area contributed by atoms with Gasteiger partial charge in [0.1, 0.15) is 12.1 Å². The topological polar surface area (TPSA) is 145 Å². The fourth-order valence-corrected chi connectivity index (χ4v) is 2.41. The van der Waals surface area contributed by atoms with Crippen molar-refractivity contribution in [3.8, 4) is 0 Å². The molecule has 0 spiro atoms. The number of aliphatic carboxylic acids is 1. The maximum absolute atomic E-state index is 10.5. The molecule has 0 aromatic heterocycles. The molecule has 1 aliphatic heterocycles. The minimum absolute atomic E-state index is 0.0417. The van der Waals surface area contributed by atoms with Gasteiger partial charge in [-0.3, -0.25) is 4.79 Å². The number of rotatable bonds is 9. The zero-order valence-corrected chi connectivity index (χ0v) is 12.2. The van der Waals surface area contributed by atoms with Crippen molar-refractivity contribution in [2.24, 2.45) is 11.7 Å². The highest BCUT2D eigenvalue weighted by molar-refractivity contribution is 5.72. The van der Waals surface area contributed by atoms with Gasteiger partial charge in [0.05, 0.1) is 19.3 Å². The van der Waals surface area contributed by atoms with E-state index in [-0.39, 0.29) is 19.1 Å². The second-order valence-electron chi connectivity index (χ2n) is 5.60. The SMILES string of the molecule is C[C@@H]1[C@@H](CO)O[C@](O)(CNCCCC[C@H](N)C(=O)O)[C@H]1O. The number of hydrogen-bond acceptors (Lipinski definition) is 7. The van der Waals surface area contributed by atoms with E-state index in [1.165, 1.54) is 0 Å². The van der Waals surface area contributed by atoms with Crippen LogP contribution < -0.4 is 11.1 Å². The van der Waals surface area contributed by atoms with Gasteiger partial charge in [0.25, 0.3) is 0 Å². The summed E-state index contributed by atoms with van der Waals surface area (Å²) in [7, 11) is 0. The third kappa shape index (κ3) is 4.87. The van der Waals surface area contributed by atoms with Crippen LogP contribution in [-0.2, 0) is 9.53 Å². The van der Waals surface area contributed by atoms with Crippen LogP contribution in [0.15, 0.2) is 0 Å². The predicted octanol–water partition coefficient (Wildman–Crippen LogP) is -1.77. The Kier molecular flexibility index (Phi) is 6.98. The van der Waals surface area contributed by atoms with E-state index in [1.54, 1.807) is 6.92 Å². The lowest BCUT2D eigenvalue weighted by Gasteiger charge is -2.26. The first-order valence-electron chi connectivity index (χ1n) is 7.20. The summed E-state index contributed by atoms with van der Waals surface area (Å²) >= 11 is 0. The number of aliphatic hydroxyl groups is 3. The lowest BCUT2D eigenvalue weighted by Crippen LogP contribution is -2.49. The van der Waals surface area contributed by atoms with Gasteiger partial charge in [-0.2, -0.15) is 0 Å². The first-order valence-corrected chi connectivity index (χ1v) is 7.20. The third-order valence-corrected chi connectivity index (χ3v) is 3.90. The third-order valence-electron chi connectivity index (χ3n) is 3.90. The highest BCUT2D eigenvalue weighted by Crippen LogP contribution is 2.32. The number of ether oxygens (including phenoxy) is 1. The lowest BCUT2D eigenvalue weighted by atomic mass is 9.97. The first-order chi connectivity index (χ1) is 9.81. The van der Waals surface area contributed by atoms with Crippen LogP contribution in [0.1, 0.15) is 26.2 Å². The Hall–Kier alpha value is -0.770. The average Bonchev–Trinajstić information content (AvgIpc) is 2.66. The number of nitrogens with one attached hydrogen (secondary N) is 1. The first kappa shape index (κ1) is 18.3. The van der Waals surface area contributed by atoms with Crippen molar-refractivity contribution >= 4 is 5.97 Å². The molecule has 0 unspecified atom stereocenters. The summed E-state index contributed by atoms with van der Waals surface area (Å²) < 4.78 is 5.29. The highest BCUT2D eigenvalue weighted by Gasteiger charge is 2.51. The molecule has 1 aliphatic rings. The average molecular weight is 306 g/mol. The number of aliphatic hydroxyl groups excluding tert-OH is 2. The summed E-state index contributed by atoms with van der Waals surface area (Å²) in [5.74, 6) is -3.07. The van der Waals surface area contributed by atoms with Crippen LogP contribution >= 0.6 is 0 Å². The van der Waals surface area contributed by atoms with E-state index >= 15 is 0 Å². The van der Waals surface area contributed by atoms with Gasteiger partial charge in [0, 0.05) is 5.92 Å². The van der Waals surface area contributed by atoms with Crippen molar-refractivity contribution in [3.05, 3.63) is 0 Å². The Balaban J connectivity index is 2.22. The van der Waals surface area contributed by atoms with Gasteiger partial charge in [0.15, 0.2) is 0 Å². The minimum atomic E-state index is -1.70. The fourth-order valence-electron chi connectivity index (χ4n) is 2.41. The van der Waals surface area contributed by atoms with Crippen LogP contribution in [0.5, 0.6) is 0 Å². The summed E-state index contributed by atoms with van der Waals surface area (Å²) in [5.41, 5.74) is 5.38. The molecular weight excluding hydrogens is 280 g/mol. The molecule has 0 aromatic rings. The molecule has 0 amide bonds. The second kappa shape index (κ2) is 8.02. The smallest absolute Gasteiger partial charge is 0.320 e. The van der Waals surface area contributed by atoms with Crippen molar-refractivity contribution in [2.75, 3.05) is 19.7 Å². The van der Waals surface area contributed by atoms with Crippen molar-refractivity contribution in [2.45, 2.75) is 50.2 Å². The van der Waals surface area contributed by atoms with E-state index in [0.717, 1.165) is 0 Å². The second-order valence-corrected chi connectivity index (χ2v) is 5.60. The van der Waals surface area contributed by atoms with E-state index < -0.39 is 30.0 Å². The summed E-state index contributed by atoms with van der Waals surface area (Å²) in [6.45, 7) is 2.04. The molecule has 8 nitrogen and oxygen atoms in total. The molecule has 21 heavy (non-hydrogen) atoms. The Morgan fingerprint density at radius 3 is 2.67 bits per heavy atom. The maximum Gasteiger partial charge on any atom is 0.320 e. The molecule has 5 atom stereocenters. The Morgan fingerprint density at radius 1 is 1.48 bits per heavy atom. The molecule has 0 saturated carbocycles. The molecule has 1 saturated heterocycles. The number of unbranched alkanes of at least 4 members (excludes halogenated alkanes) is 1.